The van der Waals surface area contributed by atoms with Gasteiger partial charge in [0.15, 0.2) is 5.82 Å². The molecule has 2 aromatic heterocycles. The lowest BCUT2D eigenvalue weighted by Crippen LogP contribution is -2.28. The first kappa shape index (κ1) is 22.7. The summed E-state index contributed by atoms with van der Waals surface area (Å²) < 4.78 is 0. The van der Waals surface area contributed by atoms with Gasteiger partial charge in [-0.15, -0.1) is 11.3 Å². The molecule has 170 valence electrons. The molecule has 0 fully saturated rings. The lowest BCUT2D eigenvalue weighted by atomic mass is 9.69. The number of aryl methyl sites for hydroxylation is 1. The summed E-state index contributed by atoms with van der Waals surface area (Å²) in [5.74, 6) is 1.51. The van der Waals surface area contributed by atoms with E-state index < -0.39 is 0 Å². The van der Waals surface area contributed by atoms with Crippen LogP contribution in [0, 0.1) is 11.3 Å². The summed E-state index contributed by atoms with van der Waals surface area (Å²) >= 11 is 1.82. The Morgan fingerprint density at radius 2 is 1.91 bits per heavy atom. The Morgan fingerprint density at radius 3 is 2.59 bits per heavy atom. The highest BCUT2D eigenvalue weighted by Gasteiger charge is 2.33. The van der Waals surface area contributed by atoms with Gasteiger partial charge >= 0.3 is 0 Å². The van der Waals surface area contributed by atoms with Crippen molar-refractivity contribution < 1.29 is 0 Å². The minimum atomic E-state index is 0.352. The monoisotopic (exact) mass is 449 g/mol. The SMILES string of the molecule is CCN(CC)c1ccc(/C=N/Nc2ncnc3sc4c(c23)C[C@@H](C(C)(C)CC)CC4)cc1. The number of hydrogen-bond acceptors (Lipinski definition) is 6. The first-order valence-electron chi connectivity index (χ1n) is 11.9. The van der Waals surface area contributed by atoms with Crippen LogP contribution in [0.1, 0.15) is 63.5 Å². The fraction of sp³-hybridized carbons (Fsp3) is 0.500. The van der Waals surface area contributed by atoms with E-state index in [-0.39, 0.29) is 0 Å². The molecule has 0 unspecified atom stereocenters. The minimum Gasteiger partial charge on any atom is -0.372 e. The number of benzene rings is 1. The van der Waals surface area contributed by atoms with Gasteiger partial charge in [0.05, 0.1) is 11.6 Å². The Balaban J connectivity index is 1.55. The molecule has 6 heteroatoms. The molecule has 0 bridgehead atoms. The van der Waals surface area contributed by atoms with Crippen LogP contribution < -0.4 is 10.3 Å². The van der Waals surface area contributed by atoms with E-state index in [1.165, 1.54) is 29.0 Å². The fourth-order valence-corrected chi connectivity index (χ4v) is 5.86. The van der Waals surface area contributed by atoms with E-state index in [1.807, 2.05) is 17.6 Å². The van der Waals surface area contributed by atoms with Crippen LogP contribution in [-0.4, -0.2) is 29.3 Å². The number of nitrogens with zero attached hydrogens (tertiary/aromatic N) is 4. The molecule has 0 saturated carbocycles. The maximum absolute atomic E-state index is 4.57. The lowest BCUT2D eigenvalue weighted by Gasteiger charge is -2.36. The summed E-state index contributed by atoms with van der Waals surface area (Å²) in [6, 6.07) is 8.53. The van der Waals surface area contributed by atoms with Crippen LogP contribution >= 0.6 is 11.3 Å². The predicted octanol–water partition coefficient (Wildman–Crippen LogP) is 6.52. The second kappa shape index (κ2) is 9.57. The van der Waals surface area contributed by atoms with Crippen LogP contribution in [-0.2, 0) is 12.8 Å². The highest BCUT2D eigenvalue weighted by Crippen LogP contribution is 2.45. The van der Waals surface area contributed by atoms with Crippen LogP contribution in [0.25, 0.3) is 10.2 Å². The highest BCUT2D eigenvalue weighted by atomic mass is 32.1. The average Bonchev–Trinajstić information content (AvgIpc) is 3.19. The molecular weight excluding hydrogens is 414 g/mol. The number of fused-ring (bicyclic) bond motifs is 3. The highest BCUT2D eigenvalue weighted by molar-refractivity contribution is 7.19. The quantitative estimate of drug-likeness (QED) is 0.314. The third kappa shape index (κ3) is 4.51. The van der Waals surface area contributed by atoms with Crippen molar-refractivity contribution in [3.05, 3.63) is 46.6 Å². The third-order valence-corrected chi connectivity index (χ3v) is 8.46. The zero-order chi connectivity index (χ0) is 22.7. The third-order valence-electron chi connectivity index (χ3n) is 7.26. The minimum absolute atomic E-state index is 0.352. The summed E-state index contributed by atoms with van der Waals surface area (Å²) in [4.78, 5) is 14.0. The van der Waals surface area contributed by atoms with Gasteiger partial charge in [0, 0.05) is 23.7 Å². The van der Waals surface area contributed by atoms with Crippen molar-refractivity contribution in [2.75, 3.05) is 23.4 Å². The van der Waals surface area contributed by atoms with E-state index >= 15 is 0 Å². The van der Waals surface area contributed by atoms with Crippen LogP contribution in [0.15, 0.2) is 35.7 Å². The summed E-state index contributed by atoms with van der Waals surface area (Å²) in [5.41, 5.74) is 7.31. The lowest BCUT2D eigenvalue weighted by molar-refractivity contribution is 0.184. The summed E-state index contributed by atoms with van der Waals surface area (Å²) in [6.07, 6.45) is 8.23. The molecule has 0 spiro atoms. The van der Waals surface area contributed by atoms with Gasteiger partial charge in [-0.1, -0.05) is 39.3 Å². The van der Waals surface area contributed by atoms with E-state index in [1.54, 1.807) is 6.33 Å². The fourth-order valence-electron chi connectivity index (χ4n) is 4.68. The van der Waals surface area contributed by atoms with E-state index in [4.69, 9.17) is 0 Å². The Hall–Kier alpha value is -2.47. The number of hydrogen-bond donors (Lipinski definition) is 1. The smallest absolute Gasteiger partial charge is 0.158 e. The largest absolute Gasteiger partial charge is 0.372 e. The van der Waals surface area contributed by atoms with Crippen molar-refractivity contribution in [3.63, 3.8) is 0 Å². The van der Waals surface area contributed by atoms with E-state index in [0.29, 0.717) is 11.3 Å². The van der Waals surface area contributed by atoms with Crippen molar-refractivity contribution >= 4 is 39.3 Å². The zero-order valence-electron chi connectivity index (χ0n) is 20.0. The molecule has 4 rings (SSSR count). The molecule has 1 N–H and O–H groups in total. The number of nitrogens with one attached hydrogen (secondary N) is 1. The molecule has 1 aromatic carbocycles. The Morgan fingerprint density at radius 1 is 1.16 bits per heavy atom. The van der Waals surface area contributed by atoms with Crippen LogP contribution in [0.4, 0.5) is 11.5 Å². The van der Waals surface area contributed by atoms with Gasteiger partial charge in [-0.3, -0.25) is 5.43 Å². The molecule has 0 amide bonds. The molecule has 1 aliphatic carbocycles. The molecule has 0 saturated heterocycles. The van der Waals surface area contributed by atoms with Crippen molar-refractivity contribution in [2.24, 2.45) is 16.4 Å². The van der Waals surface area contributed by atoms with Crippen LogP contribution in [0.5, 0.6) is 0 Å². The Bertz CT molecular complexity index is 1080. The maximum atomic E-state index is 4.57. The average molecular weight is 450 g/mol. The molecule has 1 aliphatic rings. The second-order valence-electron chi connectivity index (χ2n) is 9.32. The first-order valence-corrected chi connectivity index (χ1v) is 12.7. The molecule has 0 radical (unpaired) electrons. The predicted molar refractivity (Wildman–Crippen MR) is 138 cm³/mol. The van der Waals surface area contributed by atoms with Gasteiger partial charge in [0.2, 0.25) is 0 Å². The second-order valence-corrected chi connectivity index (χ2v) is 10.4. The maximum Gasteiger partial charge on any atom is 0.158 e. The van der Waals surface area contributed by atoms with Gasteiger partial charge in [-0.2, -0.15) is 5.10 Å². The van der Waals surface area contributed by atoms with E-state index in [9.17, 15) is 0 Å². The molecule has 0 aliphatic heterocycles. The zero-order valence-corrected chi connectivity index (χ0v) is 20.8. The van der Waals surface area contributed by atoms with Crippen molar-refractivity contribution in [1.82, 2.24) is 9.97 Å². The van der Waals surface area contributed by atoms with Crippen LogP contribution in [0.3, 0.4) is 0 Å². The molecule has 32 heavy (non-hydrogen) atoms. The molecule has 1 atom stereocenters. The Labute approximate surface area is 196 Å². The van der Waals surface area contributed by atoms with Crippen molar-refractivity contribution in [3.8, 4) is 0 Å². The van der Waals surface area contributed by atoms with Gasteiger partial charge in [0.25, 0.3) is 0 Å². The number of aromatic nitrogens is 2. The summed E-state index contributed by atoms with van der Waals surface area (Å²) in [6.45, 7) is 13.5. The number of thiophene rings is 1. The number of anilines is 2. The molecule has 2 heterocycles. The van der Waals surface area contributed by atoms with Crippen molar-refractivity contribution in [1.29, 1.82) is 0 Å². The van der Waals surface area contributed by atoms with Gasteiger partial charge < -0.3 is 4.90 Å². The van der Waals surface area contributed by atoms with E-state index in [2.05, 4.69) is 84.3 Å². The topological polar surface area (TPSA) is 53.4 Å². The van der Waals surface area contributed by atoms with Crippen LogP contribution in [0.2, 0.25) is 0 Å². The first-order chi connectivity index (χ1) is 15.5. The summed E-state index contributed by atoms with van der Waals surface area (Å²) in [5, 5.41) is 5.68. The van der Waals surface area contributed by atoms with E-state index in [0.717, 1.165) is 47.5 Å². The normalized spacial score (nSPS) is 16.5. The Kier molecular flexibility index (Phi) is 6.79. The van der Waals surface area contributed by atoms with Gasteiger partial charge in [-0.05, 0) is 67.7 Å². The molecular formula is C26H35N5S. The molecule has 3 aromatic rings. The van der Waals surface area contributed by atoms with Crippen molar-refractivity contribution in [2.45, 2.75) is 60.3 Å². The van der Waals surface area contributed by atoms with Gasteiger partial charge in [-0.25, -0.2) is 9.97 Å². The summed E-state index contributed by atoms with van der Waals surface area (Å²) in [7, 11) is 0. The number of hydrazone groups is 1. The standard InChI is InChI=1S/C26H35N5S/c1-6-26(4,5)19-11-14-22-21(15-19)23-24(27-17-28-25(23)32-22)30-29-16-18-9-12-20(13-10-18)31(7-2)8-3/h9-10,12-13,16-17,19H,6-8,11,14-15H2,1-5H3,(H,27,28,30)/b29-16+/t19-/m0/s1. The molecule has 5 nitrogen and oxygen atoms in total. The van der Waals surface area contributed by atoms with Gasteiger partial charge in [0.1, 0.15) is 11.2 Å². The number of rotatable bonds is 8.